The monoisotopic (exact) mass is 495 g/mol. The maximum atomic E-state index is 14.3. The molecule has 6 heteroatoms. The van der Waals surface area contributed by atoms with Crippen LogP contribution in [0.3, 0.4) is 0 Å². The number of para-hydroxylation sites is 1. The second-order valence-electron chi connectivity index (χ2n) is 10.1. The van der Waals surface area contributed by atoms with Crippen LogP contribution in [0, 0.1) is 0 Å². The van der Waals surface area contributed by atoms with Crippen LogP contribution in [0.2, 0.25) is 0 Å². The first-order valence-corrected chi connectivity index (χ1v) is 13.0. The zero-order valence-electron chi connectivity index (χ0n) is 21.7. The number of methoxy groups -OCH3 is 2. The summed E-state index contributed by atoms with van der Waals surface area (Å²) < 4.78 is 11.1. The highest BCUT2D eigenvalue weighted by Crippen LogP contribution is 2.39. The lowest BCUT2D eigenvalue weighted by atomic mass is 9.89. The largest absolute Gasteiger partial charge is 0.493 e. The van der Waals surface area contributed by atoms with E-state index in [1.54, 1.807) is 14.2 Å². The van der Waals surface area contributed by atoms with Crippen molar-refractivity contribution in [3.63, 3.8) is 0 Å². The standard InChI is InChI=1S/C31H33N3O3/c1-20-26-17-29(37-3)28(36-2)16-23(26)12-14-34(20)31(35)27-15-22-7-4-5-8-24(22)18-33(27)19-25-10-6-9-21-11-13-32-30(21)25/h4-11,13,16-17,20,27,32H,12,14-15,18-19H2,1-3H3. The molecule has 1 aromatic heterocycles. The zero-order valence-corrected chi connectivity index (χ0v) is 21.7. The third kappa shape index (κ3) is 4.15. The Morgan fingerprint density at radius 1 is 0.973 bits per heavy atom. The van der Waals surface area contributed by atoms with Crippen molar-refractivity contribution in [3.8, 4) is 11.5 Å². The number of benzene rings is 3. The average Bonchev–Trinajstić information content (AvgIpc) is 3.42. The Morgan fingerprint density at radius 2 is 1.76 bits per heavy atom. The lowest BCUT2D eigenvalue weighted by Crippen LogP contribution is -2.53. The Bertz CT molecular complexity index is 1460. The summed E-state index contributed by atoms with van der Waals surface area (Å²) in [5, 5.41) is 1.20. The van der Waals surface area contributed by atoms with Crippen LogP contribution in [0.5, 0.6) is 11.5 Å². The lowest BCUT2D eigenvalue weighted by Gasteiger charge is -2.42. The summed E-state index contributed by atoms with van der Waals surface area (Å²) in [5.41, 5.74) is 7.29. The highest BCUT2D eigenvalue weighted by atomic mass is 16.5. The number of ether oxygens (including phenoxy) is 2. The molecule has 2 aliphatic rings. The Kier molecular flexibility index (Phi) is 6.13. The predicted octanol–water partition coefficient (Wildman–Crippen LogP) is 5.26. The van der Waals surface area contributed by atoms with Gasteiger partial charge in [0.15, 0.2) is 11.5 Å². The van der Waals surface area contributed by atoms with E-state index in [0.29, 0.717) is 18.8 Å². The van der Waals surface area contributed by atoms with Crippen molar-refractivity contribution in [1.29, 1.82) is 0 Å². The number of carbonyl (C=O) groups excluding carboxylic acids is 1. The molecule has 0 saturated heterocycles. The van der Waals surface area contributed by atoms with Crippen LogP contribution in [-0.2, 0) is 30.7 Å². The van der Waals surface area contributed by atoms with Crippen molar-refractivity contribution >= 4 is 16.8 Å². The molecule has 1 amide bonds. The van der Waals surface area contributed by atoms with E-state index in [-0.39, 0.29) is 18.0 Å². The third-order valence-corrected chi connectivity index (χ3v) is 8.15. The summed E-state index contributed by atoms with van der Waals surface area (Å²) in [6, 6.07) is 20.9. The van der Waals surface area contributed by atoms with Gasteiger partial charge in [0.05, 0.1) is 26.3 Å². The second-order valence-corrected chi connectivity index (χ2v) is 10.1. The smallest absolute Gasteiger partial charge is 0.240 e. The summed E-state index contributed by atoms with van der Waals surface area (Å²) in [7, 11) is 3.32. The first-order valence-electron chi connectivity index (χ1n) is 13.0. The molecule has 6 rings (SSSR count). The minimum Gasteiger partial charge on any atom is -0.493 e. The lowest BCUT2D eigenvalue weighted by molar-refractivity contribution is -0.140. The fourth-order valence-corrected chi connectivity index (χ4v) is 6.12. The first kappa shape index (κ1) is 23.6. The molecule has 0 radical (unpaired) electrons. The van der Waals surface area contributed by atoms with E-state index in [1.807, 2.05) is 12.3 Å². The highest BCUT2D eigenvalue weighted by Gasteiger charge is 2.38. The SMILES string of the molecule is COc1cc2c(cc1OC)C(C)N(C(=O)C1Cc3ccccc3CN1Cc1cccc3cc[nH]c13)CC2. The molecule has 6 nitrogen and oxygen atoms in total. The van der Waals surface area contributed by atoms with Crippen LogP contribution in [-0.4, -0.2) is 47.5 Å². The van der Waals surface area contributed by atoms with Gasteiger partial charge >= 0.3 is 0 Å². The molecule has 0 fully saturated rings. The van der Waals surface area contributed by atoms with E-state index < -0.39 is 0 Å². The van der Waals surface area contributed by atoms with Crippen molar-refractivity contribution in [1.82, 2.24) is 14.8 Å². The number of rotatable bonds is 5. The van der Waals surface area contributed by atoms with Crippen LogP contribution in [0.4, 0.5) is 0 Å². The van der Waals surface area contributed by atoms with Gasteiger partial charge in [-0.3, -0.25) is 9.69 Å². The highest BCUT2D eigenvalue weighted by molar-refractivity contribution is 5.84. The van der Waals surface area contributed by atoms with Crippen molar-refractivity contribution in [2.45, 2.75) is 44.9 Å². The number of hydrogen-bond donors (Lipinski definition) is 1. The Hall–Kier alpha value is -3.77. The number of nitrogens with zero attached hydrogens (tertiary/aromatic N) is 2. The van der Waals surface area contributed by atoms with Gasteiger partial charge in [0, 0.05) is 31.3 Å². The first-order chi connectivity index (χ1) is 18.1. The molecule has 190 valence electrons. The Morgan fingerprint density at radius 3 is 2.57 bits per heavy atom. The molecule has 4 aromatic rings. The minimum atomic E-state index is -0.218. The van der Waals surface area contributed by atoms with Gasteiger partial charge in [-0.05, 0) is 71.2 Å². The molecular weight excluding hydrogens is 462 g/mol. The predicted molar refractivity (Wildman–Crippen MR) is 145 cm³/mol. The summed E-state index contributed by atoms with van der Waals surface area (Å²) in [6.07, 6.45) is 3.51. The summed E-state index contributed by atoms with van der Waals surface area (Å²) in [5.74, 6) is 1.64. The molecule has 0 spiro atoms. The van der Waals surface area contributed by atoms with E-state index in [0.717, 1.165) is 36.2 Å². The van der Waals surface area contributed by atoms with Gasteiger partial charge in [0.1, 0.15) is 0 Å². The van der Waals surface area contributed by atoms with Crippen LogP contribution in [0.15, 0.2) is 66.9 Å². The number of carbonyl (C=O) groups is 1. The zero-order chi connectivity index (χ0) is 25.5. The Balaban J connectivity index is 1.33. The summed E-state index contributed by atoms with van der Waals surface area (Å²) in [4.78, 5) is 22.1. The van der Waals surface area contributed by atoms with Crippen LogP contribution in [0.25, 0.3) is 10.9 Å². The molecule has 0 saturated carbocycles. The molecule has 3 aromatic carbocycles. The van der Waals surface area contributed by atoms with Gasteiger partial charge in [0.2, 0.25) is 5.91 Å². The van der Waals surface area contributed by atoms with Crippen molar-refractivity contribution in [2.75, 3.05) is 20.8 Å². The fourth-order valence-electron chi connectivity index (χ4n) is 6.12. The Labute approximate surface area is 217 Å². The number of nitrogens with one attached hydrogen (secondary N) is 1. The number of fused-ring (bicyclic) bond motifs is 3. The van der Waals surface area contributed by atoms with Crippen LogP contribution >= 0.6 is 0 Å². The summed E-state index contributed by atoms with van der Waals surface area (Å²) in [6.45, 7) is 4.29. The van der Waals surface area contributed by atoms with E-state index in [1.165, 1.54) is 27.6 Å². The van der Waals surface area contributed by atoms with Gasteiger partial charge in [-0.1, -0.05) is 42.5 Å². The molecule has 37 heavy (non-hydrogen) atoms. The number of aromatic amines is 1. The van der Waals surface area contributed by atoms with Gasteiger partial charge in [0.25, 0.3) is 0 Å². The number of aromatic nitrogens is 1. The van der Waals surface area contributed by atoms with E-state index >= 15 is 0 Å². The van der Waals surface area contributed by atoms with Crippen LogP contribution < -0.4 is 9.47 Å². The normalized spacial score (nSPS) is 19.4. The summed E-state index contributed by atoms with van der Waals surface area (Å²) >= 11 is 0. The maximum absolute atomic E-state index is 14.3. The molecule has 3 heterocycles. The van der Waals surface area contributed by atoms with E-state index in [9.17, 15) is 4.79 Å². The van der Waals surface area contributed by atoms with Crippen molar-refractivity contribution < 1.29 is 14.3 Å². The molecule has 2 atom stereocenters. The molecular formula is C31H33N3O3. The van der Waals surface area contributed by atoms with Gasteiger partial charge in [-0.15, -0.1) is 0 Å². The van der Waals surface area contributed by atoms with Crippen molar-refractivity contribution in [3.05, 3.63) is 94.7 Å². The van der Waals surface area contributed by atoms with Gasteiger partial charge in [-0.25, -0.2) is 0 Å². The van der Waals surface area contributed by atoms with E-state index in [4.69, 9.17) is 9.47 Å². The fraction of sp³-hybridized carbons (Fsp3) is 0.323. The third-order valence-electron chi connectivity index (χ3n) is 8.15. The van der Waals surface area contributed by atoms with Crippen molar-refractivity contribution in [2.24, 2.45) is 0 Å². The molecule has 0 aliphatic carbocycles. The van der Waals surface area contributed by atoms with Crippen LogP contribution in [0.1, 0.15) is 40.8 Å². The van der Waals surface area contributed by atoms with Gasteiger partial charge < -0.3 is 19.4 Å². The van der Waals surface area contributed by atoms with E-state index in [2.05, 4.69) is 76.3 Å². The quantitative estimate of drug-likeness (QED) is 0.411. The maximum Gasteiger partial charge on any atom is 0.240 e. The second kappa shape index (κ2) is 9.60. The van der Waals surface area contributed by atoms with Gasteiger partial charge in [-0.2, -0.15) is 0 Å². The average molecular weight is 496 g/mol. The molecule has 1 N–H and O–H groups in total. The molecule has 2 aliphatic heterocycles. The molecule has 0 bridgehead atoms. The minimum absolute atomic E-state index is 0.0399. The number of H-pyrrole nitrogens is 1. The number of amides is 1. The number of hydrogen-bond acceptors (Lipinski definition) is 4. The molecule has 2 unspecified atom stereocenters. The topological polar surface area (TPSA) is 57.8 Å².